The second-order valence-electron chi connectivity index (χ2n) is 5.26. The summed E-state index contributed by atoms with van der Waals surface area (Å²) in [4.78, 5) is 4.24. The van der Waals surface area contributed by atoms with Gasteiger partial charge in [0, 0.05) is 24.5 Å². The Morgan fingerprint density at radius 3 is 3.00 bits per heavy atom. The number of hydrogen-bond acceptors (Lipinski definition) is 2. The standard InChI is InChI=1S/C13H23N3/c1-11(2)8-13-9-14-10-16(13)7-3-6-15-12-4-5-12/h9-12,15H,3-8H2,1-2H3. The Hall–Kier alpha value is -0.830. The maximum absolute atomic E-state index is 4.24. The predicted octanol–water partition coefficient (Wildman–Crippen LogP) is 2.22. The van der Waals surface area contributed by atoms with Gasteiger partial charge in [0.05, 0.1) is 6.33 Å². The van der Waals surface area contributed by atoms with Crippen molar-refractivity contribution >= 4 is 0 Å². The molecule has 3 nitrogen and oxygen atoms in total. The maximum atomic E-state index is 4.24. The van der Waals surface area contributed by atoms with Gasteiger partial charge in [-0.2, -0.15) is 0 Å². The molecule has 1 heterocycles. The van der Waals surface area contributed by atoms with Crippen molar-refractivity contribution < 1.29 is 0 Å². The van der Waals surface area contributed by atoms with Crippen molar-refractivity contribution in [3.05, 3.63) is 18.2 Å². The van der Waals surface area contributed by atoms with Gasteiger partial charge >= 0.3 is 0 Å². The van der Waals surface area contributed by atoms with Gasteiger partial charge in [0.15, 0.2) is 0 Å². The van der Waals surface area contributed by atoms with Gasteiger partial charge in [0.25, 0.3) is 0 Å². The molecule has 0 spiro atoms. The lowest BCUT2D eigenvalue weighted by Crippen LogP contribution is -2.19. The zero-order valence-electron chi connectivity index (χ0n) is 10.4. The molecule has 0 atom stereocenters. The predicted molar refractivity (Wildman–Crippen MR) is 66.4 cm³/mol. The molecule has 0 unspecified atom stereocenters. The van der Waals surface area contributed by atoms with E-state index in [2.05, 4.69) is 28.7 Å². The van der Waals surface area contributed by atoms with Crippen LogP contribution in [-0.4, -0.2) is 22.1 Å². The first kappa shape index (κ1) is 11.6. The highest BCUT2D eigenvalue weighted by Gasteiger charge is 2.19. The van der Waals surface area contributed by atoms with E-state index >= 15 is 0 Å². The van der Waals surface area contributed by atoms with Gasteiger partial charge in [-0.1, -0.05) is 13.8 Å². The zero-order chi connectivity index (χ0) is 11.4. The summed E-state index contributed by atoms with van der Waals surface area (Å²) in [7, 11) is 0. The van der Waals surface area contributed by atoms with E-state index in [9.17, 15) is 0 Å². The van der Waals surface area contributed by atoms with Gasteiger partial charge in [-0.15, -0.1) is 0 Å². The second-order valence-corrected chi connectivity index (χ2v) is 5.26. The quantitative estimate of drug-likeness (QED) is 0.716. The molecule has 0 saturated heterocycles. The van der Waals surface area contributed by atoms with Crippen LogP contribution in [0.3, 0.4) is 0 Å². The van der Waals surface area contributed by atoms with Gasteiger partial charge in [0.2, 0.25) is 0 Å². The number of imidazole rings is 1. The summed E-state index contributed by atoms with van der Waals surface area (Å²) in [5, 5.41) is 3.55. The Bertz CT molecular complexity index is 313. The Kier molecular flexibility index (Phi) is 3.99. The van der Waals surface area contributed by atoms with Crippen LogP contribution in [0, 0.1) is 5.92 Å². The van der Waals surface area contributed by atoms with Gasteiger partial charge in [0.1, 0.15) is 0 Å². The number of nitrogens with one attached hydrogen (secondary N) is 1. The number of nitrogens with zero attached hydrogens (tertiary/aromatic N) is 2. The summed E-state index contributed by atoms with van der Waals surface area (Å²) >= 11 is 0. The third kappa shape index (κ3) is 3.63. The number of hydrogen-bond donors (Lipinski definition) is 1. The molecule has 1 aromatic heterocycles. The van der Waals surface area contributed by atoms with Crippen molar-refractivity contribution in [2.24, 2.45) is 5.92 Å². The fraction of sp³-hybridized carbons (Fsp3) is 0.769. The minimum atomic E-state index is 0.708. The summed E-state index contributed by atoms with van der Waals surface area (Å²) in [5.74, 6) is 0.708. The van der Waals surface area contributed by atoms with Crippen molar-refractivity contribution in [1.29, 1.82) is 0 Å². The summed E-state index contributed by atoms with van der Waals surface area (Å²) in [6, 6.07) is 0.831. The molecule has 1 aliphatic rings. The fourth-order valence-corrected chi connectivity index (χ4v) is 1.98. The van der Waals surface area contributed by atoms with E-state index < -0.39 is 0 Å². The highest BCUT2D eigenvalue weighted by molar-refractivity contribution is 4.99. The third-order valence-corrected chi connectivity index (χ3v) is 3.00. The van der Waals surface area contributed by atoms with Crippen LogP contribution in [0.15, 0.2) is 12.5 Å². The van der Waals surface area contributed by atoms with Gasteiger partial charge in [-0.25, -0.2) is 4.98 Å². The summed E-state index contributed by atoms with van der Waals surface area (Å²) < 4.78 is 2.30. The van der Waals surface area contributed by atoms with Gasteiger partial charge in [-0.05, 0) is 38.1 Å². The normalized spacial score (nSPS) is 15.9. The van der Waals surface area contributed by atoms with Crippen LogP contribution >= 0.6 is 0 Å². The van der Waals surface area contributed by atoms with E-state index in [1.54, 1.807) is 0 Å². The van der Waals surface area contributed by atoms with Crippen molar-refractivity contribution in [1.82, 2.24) is 14.9 Å². The average molecular weight is 221 g/mol. The zero-order valence-corrected chi connectivity index (χ0v) is 10.4. The number of rotatable bonds is 7. The first-order valence-electron chi connectivity index (χ1n) is 6.48. The van der Waals surface area contributed by atoms with Crippen molar-refractivity contribution in [2.75, 3.05) is 6.54 Å². The topological polar surface area (TPSA) is 29.9 Å². The summed E-state index contributed by atoms with van der Waals surface area (Å²) in [6.45, 7) is 6.75. The average Bonchev–Trinajstić information content (AvgIpc) is 2.95. The monoisotopic (exact) mass is 221 g/mol. The van der Waals surface area contributed by atoms with E-state index in [-0.39, 0.29) is 0 Å². The molecule has 1 saturated carbocycles. The van der Waals surface area contributed by atoms with E-state index in [0.29, 0.717) is 5.92 Å². The molecule has 0 bridgehead atoms. The molecule has 2 rings (SSSR count). The molecular formula is C13H23N3. The van der Waals surface area contributed by atoms with Crippen molar-refractivity contribution in [3.8, 4) is 0 Å². The summed E-state index contributed by atoms with van der Waals surface area (Å²) in [6.07, 6.45) is 9.07. The molecule has 0 aliphatic heterocycles. The molecule has 1 N–H and O–H groups in total. The van der Waals surface area contributed by atoms with E-state index in [0.717, 1.165) is 25.6 Å². The molecule has 0 radical (unpaired) electrons. The van der Waals surface area contributed by atoms with Crippen LogP contribution < -0.4 is 5.32 Å². The number of aryl methyl sites for hydroxylation is 1. The highest BCUT2D eigenvalue weighted by atomic mass is 15.0. The first-order chi connectivity index (χ1) is 7.75. The first-order valence-corrected chi connectivity index (χ1v) is 6.48. The Labute approximate surface area is 98.3 Å². The molecule has 1 fully saturated rings. The van der Waals surface area contributed by atoms with E-state index in [1.807, 2.05) is 12.5 Å². The van der Waals surface area contributed by atoms with Crippen molar-refractivity contribution in [2.45, 2.75) is 52.1 Å². The van der Waals surface area contributed by atoms with Crippen LogP contribution in [0.1, 0.15) is 38.8 Å². The molecule has 1 aliphatic carbocycles. The fourth-order valence-electron chi connectivity index (χ4n) is 1.98. The smallest absolute Gasteiger partial charge is 0.0948 e. The van der Waals surface area contributed by atoms with Crippen LogP contribution in [0.4, 0.5) is 0 Å². The molecule has 3 heteroatoms. The molecule has 1 aromatic rings. The largest absolute Gasteiger partial charge is 0.335 e. The highest BCUT2D eigenvalue weighted by Crippen LogP contribution is 2.18. The van der Waals surface area contributed by atoms with Crippen LogP contribution in [0.5, 0.6) is 0 Å². The molecule has 16 heavy (non-hydrogen) atoms. The second kappa shape index (κ2) is 5.48. The van der Waals surface area contributed by atoms with Crippen LogP contribution in [-0.2, 0) is 13.0 Å². The minimum absolute atomic E-state index is 0.708. The lowest BCUT2D eigenvalue weighted by molar-refractivity contribution is 0.544. The maximum Gasteiger partial charge on any atom is 0.0948 e. The molecular weight excluding hydrogens is 198 g/mol. The SMILES string of the molecule is CC(C)Cc1cncn1CCCNC1CC1. The number of aromatic nitrogens is 2. The van der Waals surface area contributed by atoms with Gasteiger partial charge < -0.3 is 9.88 Å². The molecule has 0 aromatic carbocycles. The third-order valence-electron chi connectivity index (χ3n) is 3.00. The van der Waals surface area contributed by atoms with Crippen LogP contribution in [0.2, 0.25) is 0 Å². The van der Waals surface area contributed by atoms with Gasteiger partial charge in [-0.3, -0.25) is 0 Å². The summed E-state index contributed by atoms with van der Waals surface area (Å²) in [5.41, 5.74) is 1.38. The Morgan fingerprint density at radius 1 is 1.50 bits per heavy atom. The van der Waals surface area contributed by atoms with E-state index in [4.69, 9.17) is 0 Å². The van der Waals surface area contributed by atoms with Crippen molar-refractivity contribution in [3.63, 3.8) is 0 Å². The lowest BCUT2D eigenvalue weighted by atomic mass is 10.1. The Morgan fingerprint density at radius 2 is 2.31 bits per heavy atom. The molecule has 0 amide bonds. The Balaban J connectivity index is 1.72. The minimum Gasteiger partial charge on any atom is -0.335 e. The lowest BCUT2D eigenvalue weighted by Gasteiger charge is -2.10. The van der Waals surface area contributed by atoms with E-state index in [1.165, 1.54) is 25.0 Å². The van der Waals surface area contributed by atoms with Crippen LogP contribution in [0.25, 0.3) is 0 Å². The molecule has 90 valence electrons.